The van der Waals surface area contributed by atoms with Gasteiger partial charge in [0.1, 0.15) is 0 Å². The van der Waals surface area contributed by atoms with E-state index in [0.29, 0.717) is 6.54 Å². The molecule has 0 saturated carbocycles. The highest BCUT2D eigenvalue weighted by Gasteiger charge is 2.34. The lowest BCUT2D eigenvalue weighted by Gasteiger charge is -2.25. The second kappa shape index (κ2) is 5.52. The molecule has 1 saturated heterocycles. The van der Waals surface area contributed by atoms with E-state index in [1.165, 1.54) is 0 Å². The van der Waals surface area contributed by atoms with E-state index >= 15 is 0 Å². The summed E-state index contributed by atoms with van der Waals surface area (Å²) < 4.78 is 5.31. The van der Waals surface area contributed by atoms with Crippen molar-refractivity contribution in [2.75, 3.05) is 20.1 Å². The number of nitrogens with zero attached hydrogens (tertiary/aromatic N) is 2. The maximum atomic E-state index is 12.3. The molecule has 1 aromatic rings. The van der Waals surface area contributed by atoms with E-state index in [1.54, 1.807) is 0 Å². The van der Waals surface area contributed by atoms with Crippen LogP contribution in [-0.2, 0) is 4.79 Å². The summed E-state index contributed by atoms with van der Waals surface area (Å²) in [5.74, 6) is 1.01. The Morgan fingerprint density at radius 2 is 2.50 bits per heavy atom. The topological polar surface area (TPSA) is 58.4 Å². The molecule has 1 fully saturated rings. The molecule has 1 aliphatic rings. The van der Waals surface area contributed by atoms with Gasteiger partial charge in [0, 0.05) is 25.1 Å². The largest absolute Gasteiger partial charge is 0.359 e. The molecule has 100 valence electrons. The average molecular weight is 251 g/mol. The van der Waals surface area contributed by atoms with Crippen LogP contribution in [0, 0.1) is 12.8 Å². The summed E-state index contributed by atoms with van der Waals surface area (Å²) in [6.07, 6.45) is 2.00. The summed E-state index contributed by atoms with van der Waals surface area (Å²) in [5.41, 5.74) is 0.868. The molecule has 0 bridgehead atoms. The number of likely N-dealkylation sites (tertiary alicyclic amines) is 1. The van der Waals surface area contributed by atoms with Crippen molar-refractivity contribution in [2.24, 2.45) is 5.92 Å². The summed E-state index contributed by atoms with van der Waals surface area (Å²) in [7, 11) is 1.87. The second-order valence-corrected chi connectivity index (χ2v) is 5.02. The molecule has 2 atom stereocenters. The van der Waals surface area contributed by atoms with Gasteiger partial charge in [-0.05, 0) is 26.8 Å². The molecule has 0 aliphatic carbocycles. The fraction of sp³-hybridized carbons (Fsp3) is 0.692. The van der Waals surface area contributed by atoms with Gasteiger partial charge in [-0.1, -0.05) is 12.1 Å². The zero-order valence-corrected chi connectivity index (χ0v) is 11.3. The van der Waals surface area contributed by atoms with Crippen LogP contribution < -0.4 is 5.32 Å². The molecular weight excluding hydrogens is 230 g/mol. The third kappa shape index (κ3) is 2.56. The maximum absolute atomic E-state index is 12.3. The van der Waals surface area contributed by atoms with Crippen LogP contribution in [-0.4, -0.2) is 36.1 Å². The van der Waals surface area contributed by atoms with Crippen molar-refractivity contribution in [1.29, 1.82) is 0 Å². The Balaban J connectivity index is 2.10. The van der Waals surface area contributed by atoms with Crippen molar-refractivity contribution in [2.45, 2.75) is 32.7 Å². The fourth-order valence-electron chi connectivity index (χ4n) is 2.54. The quantitative estimate of drug-likeness (QED) is 0.881. The van der Waals surface area contributed by atoms with Gasteiger partial charge in [-0.15, -0.1) is 0 Å². The van der Waals surface area contributed by atoms with E-state index < -0.39 is 0 Å². The standard InChI is InChI=1S/C13H21N3O2/c1-9(8-14-3)13(17)16-6-4-5-11(16)12-7-10(2)15-18-12/h7,9,11,14H,4-6,8H2,1-3H3. The Kier molecular flexibility index (Phi) is 4.01. The molecular formula is C13H21N3O2. The predicted octanol–water partition coefficient (Wildman–Crippen LogP) is 1.50. The minimum absolute atomic E-state index is 0.000353. The summed E-state index contributed by atoms with van der Waals surface area (Å²) in [5, 5.41) is 6.96. The number of hydrogen-bond acceptors (Lipinski definition) is 4. The van der Waals surface area contributed by atoms with Gasteiger partial charge in [0.25, 0.3) is 0 Å². The molecule has 2 unspecified atom stereocenters. The first kappa shape index (κ1) is 13.1. The Labute approximate surface area is 108 Å². The number of carbonyl (C=O) groups excluding carboxylic acids is 1. The third-order valence-electron chi connectivity index (χ3n) is 3.44. The van der Waals surface area contributed by atoms with Crippen LogP contribution in [0.1, 0.15) is 37.3 Å². The zero-order valence-electron chi connectivity index (χ0n) is 11.3. The van der Waals surface area contributed by atoms with Crippen LogP contribution in [0.15, 0.2) is 10.6 Å². The Bertz CT molecular complexity index is 416. The van der Waals surface area contributed by atoms with Gasteiger partial charge in [-0.3, -0.25) is 4.79 Å². The second-order valence-electron chi connectivity index (χ2n) is 5.02. The summed E-state index contributed by atoms with van der Waals surface area (Å²) in [6, 6.07) is 2.00. The highest BCUT2D eigenvalue weighted by Crippen LogP contribution is 2.33. The maximum Gasteiger partial charge on any atom is 0.227 e. The molecule has 5 nitrogen and oxygen atoms in total. The number of aryl methyl sites for hydroxylation is 1. The Hall–Kier alpha value is -1.36. The molecule has 1 N–H and O–H groups in total. The molecule has 0 radical (unpaired) electrons. The van der Waals surface area contributed by atoms with Crippen molar-refractivity contribution in [1.82, 2.24) is 15.4 Å². The summed E-state index contributed by atoms with van der Waals surface area (Å²) in [6.45, 7) is 5.38. The van der Waals surface area contributed by atoms with Crippen molar-refractivity contribution in [3.63, 3.8) is 0 Å². The average Bonchev–Trinajstić information content (AvgIpc) is 2.96. The predicted molar refractivity (Wildman–Crippen MR) is 68.0 cm³/mol. The van der Waals surface area contributed by atoms with Crippen LogP contribution in [0.3, 0.4) is 0 Å². The van der Waals surface area contributed by atoms with E-state index in [-0.39, 0.29) is 17.9 Å². The van der Waals surface area contributed by atoms with Gasteiger partial charge in [0.05, 0.1) is 11.7 Å². The van der Waals surface area contributed by atoms with E-state index in [2.05, 4.69) is 10.5 Å². The molecule has 1 aromatic heterocycles. The number of nitrogens with one attached hydrogen (secondary N) is 1. The third-order valence-corrected chi connectivity index (χ3v) is 3.44. The zero-order chi connectivity index (χ0) is 13.1. The minimum Gasteiger partial charge on any atom is -0.359 e. The minimum atomic E-state index is -0.000353. The molecule has 5 heteroatoms. The molecule has 2 heterocycles. The normalized spacial score (nSPS) is 21.3. The van der Waals surface area contributed by atoms with Crippen LogP contribution in [0.5, 0.6) is 0 Å². The number of hydrogen-bond donors (Lipinski definition) is 1. The van der Waals surface area contributed by atoms with Gasteiger partial charge < -0.3 is 14.7 Å². The SMILES string of the molecule is CNCC(C)C(=O)N1CCCC1c1cc(C)no1. The van der Waals surface area contributed by atoms with Crippen LogP contribution >= 0.6 is 0 Å². The smallest absolute Gasteiger partial charge is 0.227 e. The van der Waals surface area contributed by atoms with Crippen molar-refractivity contribution < 1.29 is 9.32 Å². The molecule has 1 amide bonds. The van der Waals surface area contributed by atoms with Crippen molar-refractivity contribution in [3.05, 3.63) is 17.5 Å². The fourth-order valence-corrected chi connectivity index (χ4v) is 2.54. The molecule has 0 aromatic carbocycles. The first-order chi connectivity index (χ1) is 8.63. The van der Waals surface area contributed by atoms with E-state index in [1.807, 2.05) is 31.9 Å². The lowest BCUT2D eigenvalue weighted by Crippen LogP contribution is -2.38. The van der Waals surface area contributed by atoms with E-state index in [4.69, 9.17) is 4.52 Å². The highest BCUT2D eigenvalue weighted by molar-refractivity contribution is 5.79. The van der Waals surface area contributed by atoms with Gasteiger partial charge in [-0.25, -0.2) is 0 Å². The van der Waals surface area contributed by atoms with E-state index in [0.717, 1.165) is 30.8 Å². The Morgan fingerprint density at radius 1 is 1.72 bits per heavy atom. The monoisotopic (exact) mass is 251 g/mol. The Morgan fingerprint density at radius 3 is 3.11 bits per heavy atom. The van der Waals surface area contributed by atoms with Gasteiger partial charge in [0.15, 0.2) is 5.76 Å². The van der Waals surface area contributed by atoms with Crippen LogP contribution in [0.4, 0.5) is 0 Å². The number of aromatic nitrogens is 1. The summed E-state index contributed by atoms with van der Waals surface area (Å²) in [4.78, 5) is 14.3. The van der Waals surface area contributed by atoms with E-state index in [9.17, 15) is 4.79 Å². The lowest BCUT2D eigenvalue weighted by molar-refractivity contribution is -0.136. The molecule has 2 rings (SSSR count). The molecule has 0 spiro atoms. The van der Waals surface area contributed by atoms with Crippen molar-refractivity contribution in [3.8, 4) is 0 Å². The first-order valence-electron chi connectivity index (χ1n) is 6.51. The lowest BCUT2D eigenvalue weighted by atomic mass is 10.1. The first-order valence-corrected chi connectivity index (χ1v) is 6.51. The van der Waals surface area contributed by atoms with Crippen LogP contribution in [0.25, 0.3) is 0 Å². The van der Waals surface area contributed by atoms with Gasteiger partial charge >= 0.3 is 0 Å². The van der Waals surface area contributed by atoms with Gasteiger partial charge in [-0.2, -0.15) is 0 Å². The number of rotatable bonds is 4. The number of carbonyl (C=O) groups is 1. The summed E-state index contributed by atoms with van der Waals surface area (Å²) >= 11 is 0. The molecule has 18 heavy (non-hydrogen) atoms. The number of amides is 1. The van der Waals surface area contributed by atoms with Crippen LogP contribution in [0.2, 0.25) is 0 Å². The highest BCUT2D eigenvalue weighted by atomic mass is 16.5. The van der Waals surface area contributed by atoms with Gasteiger partial charge in [0.2, 0.25) is 5.91 Å². The van der Waals surface area contributed by atoms with Crippen molar-refractivity contribution >= 4 is 5.91 Å². The molecule has 1 aliphatic heterocycles.